The molecule has 2 aromatic rings. The molecule has 7 nitrogen and oxygen atoms in total. The normalized spacial score (nSPS) is 10.1. The summed E-state index contributed by atoms with van der Waals surface area (Å²) in [5.74, 6) is -2.34. The second kappa shape index (κ2) is 5.31. The monoisotopic (exact) mass is 278 g/mol. The number of pyridine rings is 1. The van der Waals surface area contributed by atoms with Crippen LogP contribution in [-0.2, 0) is 0 Å². The third-order valence-electron chi connectivity index (χ3n) is 2.31. The van der Waals surface area contributed by atoms with Gasteiger partial charge in [-0.2, -0.15) is 0 Å². The number of aromatic nitrogens is 1. The number of benzene rings is 1. The molecule has 0 bridgehead atoms. The first-order valence-electron chi connectivity index (χ1n) is 5.28. The van der Waals surface area contributed by atoms with Gasteiger partial charge in [0.05, 0.1) is 16.6 Å². The lowest BCUT2D eigenvalue weighted by Crippen LogP contribution is -1.99. The van der Waals surface area contributed by atoms with Crippen molar-refractivity contribution in [3.8, 4) is 11.6 Å². The van der Waals surface area contributed by atoms with Crippen molar-refractivity contribution in [3.05, 3.63) is 58.0 Å². The molecule has 0 radical (unpaired) electrons. The molecule has 0 spiro atoms. The first-order chi connectivity index (χ1) is 9.47. The molecule has 0 atom stereocenters. The summed E-state index contributed by atoms with van der Waals surface area (Å²) in [6.45, 7) is 0. The third-order valence-corrected chi connectivity index (χ3v) is 2.31. The third kappa shape index (κ3) is 2.86. The van der Waals surface area contributed by atoms with Gasteiger partial charge in [-0.05, 0) is 18.2 Å². The number of rotatable bonds is 4. The summed E-state index contributed by atoms with van der Waals surface area (Å²) in [4.78, 5) is 24.5. The van der Waals surface area contributed by atoms with E-state index in [1.165, 1.54) is 12.3 Å². The van der Waals surface area contributed by atoms with Crippen LogP contribution in [0.4, 0.5) is 10.1 Å². The Morgan fingerprint density at radius 2 is 2.10 bits per heavy atom. The summed E-state index contributed by atoms with van der Waals surface area (Å²) in [5, 5.41) is 19.6. The van der Waals surface area contributed by atoms with Gasteiger partial charge >= 0.3 is 11.7 Å². The van der Waals surface area contributed by atoms with Crippen LogP contribution in [-0.4, -0.2) is 21.0 Å². The van der Waals surface area contributed by atoms with E-state index in [1.54, 1.807) is 0 Å². The molecule has 0 amide bonds. The van der Waals surface area contributed by atoms with E-state index in [0.29, 0.717) is 6.07 Å². The van der Waals surface area contributed by atoms with Gasteiger partial charge < -0.3 is 9.84 Å². The zero-order valence-corrected chi connectivity index (χ0v) is 9.82. The number of nitrogens with zero attached hydrogens (tertiary/aromatic N) is 2. The van der Waals surface area contributed by atoms with Crippen LogP contribution in [0.25, 0.3) is 0 Å². The van der Waals surface area contributed by atoms with Crippen molar-refractivity contribution in [1.82, 2.24) is 4.98 Å². The Hall–Kier alpha value is -3.03. The van der Waals surface area contributed by atoms with Crippen molar-refractivity contribution < 1.29 is 24.0 Å². The number of aromatic carboxylic acids is 1. The molecule has 0 aliphatic rings. The number of nitro benzene ring substituents is 1. The topological polar surface area (TPSA) is 103 Å². The lowest BCUT2D eigenvalue weighted by molar-refractivity contribution is -0.385. The number of hydrogen-bond donors (Lipinski definition) is 1. The maximum atomic E-state index is 13.0. The van der Waals surface area contributed by atoms with E-state index < -0.39 is 22.4 Å². The number of carbonyl (C=O) groups is 1. The molecule has 8 heteroatoms. The fraction of sp³-hybridized carbons (Fsp3) is 0. The summed E-state index contributed by atoms with van der Waals surface area (Å²) in [6.07, 6.45) is 1.19. The van der Waals surface area contributed by atoms with Crippen molar-refractivity contribution in [3.63, 3.8) is 0 Å². The Morgan fingerprint density at radius 3 is 2.75 bits per heavy atom. The minimum Gasteiger partial charge on any atom is -0.478 e. The van der Waals surface area contributed by atoms with Crippen LogP contribution in [0.1, 0.15) is 10.4 Å². The zero-order valence-electron chi connectivity index (χ0n) is 9.82. The molecule has 102 valence electrons. The van der Waals surface area contributed by atoms with Crippen LogP contribution in [0, 0.1) is 15.9 Å². The van der Waals surface area contributed by atoms with Crippen LogP contribution >= 0.6 is 0 Å². The largest absolute Gasteiger partial charge is 0.478 e. The van der Waals surface area contributed by atoms with Gasteiger partial charge in [-0.1, -0.05) is 0 Å². The van der Waals surface area contributed by atoms with E-state index in [0.717, 1.165) is 18.2 Å². The second-order valence-electron chi connectivity index (χ2n) is 3.66. The van der Waals surface area contributed by atoms with Gasteiger partial charge in [-0.25, -0.2) is 14.2 Å². The van der Waals surface area contributed by atoms with Crippen molar-refractivity contribution in [2.24, 2.45) is 0 Å². The smallest absolute Gasteiger partial charge is 0.335 e. The number of carboxylic acids is 1. The number of ether oxygens (including phenoxy) is 1. The Bertz CT molecular complexity index is 689. The average molecular weight is 278 g/mol. The SMILES string of the molecule is O=C(O)c1ccnc(Oc2ccc(F)cc2[N+](=O)[O-])c1. The number of carboxylic acid groups (broad SMARTS) is 1. The molecule has 1 heterocycles. The minimum absolute atomic E-state index is 0.0836. The summed E-state index contributed by atoms with van der Waals surface area (Å²) in [7, 11) is 0. The van der Waals surface area contributed by atoms with Crippen LogP contribution in [0.3, 0.4) is 0 Å². The highest BCUT2D eigenvalue weighted by Crippen LogP contribution is 2.31. The summed E-state index contributed by atoms with van der Waals surface area (Å²) in [6, 6.07) is 5.12. The van der Waals surface area contributed by atoms with Gasteiger partial charge in [-0.3, -0.25) is 10.1 Å². The molecule has 2 rings (SSSR count). The molecule has 0 fully saturated rings. The van der Waals surface area contributed by atoms with E-state index >= 15 is 0 Å². The molecule has 0 aliphatic heterocycles. The quantitative estimate of drug-likeness (QED) is 0.681. The number of halogens is 1. The number of nitro groups is 1. The highest BCUT2D eigenvalue weighted by atomic mass is 19.1. The fourth-order valence-electron chi connectivity index (χ4n) is 1.43. The van der Waals surface area contributed by atoms with Gasteiger partial charge in [0.2, 0.25) is 11.6 Å². The van der Waals surface area contributed by atoms with E-state index in [1.807, 2.05) is 0 Å². The zero-order chi connectivity index (χ0) is 14.7. The van der Waals surface area contributed by atoms with Crippen LogP contribution in [0.2, 0.25) is 0 Å². The Balaban J connectivity index is 2.37. The van der Waals surface area contributed by atoms with E-state index in [2.05, 4.69) is 4.98 Å². The minimum atomic E-state index is -1.19. The first-order valence-corrected chi connectivity index (χ1v) is 5.28. The summed E-state index contributed by atoms with van der Waals surface area (Å²) < 4.78 is 18.1. The van der Waals surface area contributed by atoms with Crippen LogP contribution < -0.4 is 4.74 Å². The predicted molar refractivity (Wildman–Crippen MR) is 64.3 cm³/mol. The van der Waals surface area contributed by atoms with Gasteiger partial charge in [0.1, 0.15) is 5.82 Å². The maximum absolute atomic E-state index is 13.0. The Morgan fingerprint density at radius 1 is 1.35 bits per heavy atom. The van der Waals surface area contributed by atoms with Crippen LogP contribution in [0.15, 0.2) is 36.5 Å². The Kier molecular flexibility index (Phi) is 3.56. The van der Waals surface area contributed by atoms with Gasteiger partial charge in [0.15, 0.2) is 0 Å². The van der Waals surface area contributed by atoms with Gasteiger partial charge in [-0.15, -0.1) is 0 Å². The lowest BCUT2D eigenvalue weighted by Gasteiger charge is -2.05. The first kappa shape index (κ1) is 13.4. The summed E-state index contributed by atoms with van der Waals surface area (Å²) >= 11 is 0. The standard InChI is InChI=1S/C12H7FN2O5/c13-8-1-2-10(9(6-8)15(18)19)20-11-5-7(12(16)17)3-4-14-11/h1-6H,(H,16,17). The second-order valence-corrected chi connectivity index (χ2v) is 3.66. The lowest BCUT2D eigenvalue weighted by atomic mass is 10.2. The van der Waals surface area contributed by atoms with E-state index in [-0.39, 0.29) is 17.2 Å². The molecule has 1 aromatic heterocycles. The molecule has 20 heavy (non-hydrogen) atoms. The Labute approximate surface area is 111 Å². The highest BCUT2D eigenvalue weighted by Gasteiger charge is 2.18. The van der Waals surface area contributed by atoms with Crippen molar-refractivity contribution in [1.29, 1.82) is 0 Å². The molecule has 1 aromatic carbocycles. The molecular formula is C12H7FN2O5. The molecule has 0 saturated carbocycles. The van der Waals surface area contributed by atoms with Crippen LogP contribution in [0.5, 0.6) is 11.6 Å². The molecule has 0 saturated heterocycles. The molecule has 0 unspecified atom stereocenters. The van der Waals surface area contributed by atoms with E-state index in [4.69, 9.17) is 9.84 Å². The van der Waals surface area contributed by atoms with Crippen molar-refractivity contribution in [2.75, 3.05) is 0 Å². The predicted octanol–water partition coefficient (Wildman–Crippen LogP) is 2.62. The average Bonchev–Trinajstić information content (AvgIpc) is 2.41. The van der Waals surface area contributed by atoms with Crippen molar-refractivity contribution >= 4 is 11.7 Å². The summed E-state index contributed by atoms with van der Waals surface area (Å²) in [5.41, 5.74) is -0.660. The molecule has 1 N–H and O–H groups in total. The van der Waals surface area contributed by atoms with Gasteiger partial charge in [0, 0.05) is 12.3 Å². The maximum Gasteiger partial charge on any atom is 0.335 e. The molecule has 0 aliphatic carbocycles. The fourth-order valence-corrected chi connectivity index (χ4v) is 1.43. The number of hydrogen-bond acceptors (Lipinski definition) is 5. The van der Waals surface area contributed by atoms with Gasteiger partial charge in [0.25, 0.3) is 0 Å². The highest BCUT2D eigenvalue weighted by molar-refractivity contribution is 5.87. The molecular weight excluding hydrogens is 271 g/mol. The van der Waals surface area contributed by atoms with E-state index in [9.17, 15) is 19.3 Å². The van der Waals surface area contributed by atoms with Crippen molar-refractivity contribution in [2.45, 2.75) is 0 Å².